The zero-order chi connectivity index (χ0) is 13.4. The third-order valence-electron chi connectivity index (χ3n) is 3.28. The van der Waals surface area contributed by atoms with E-state index >= 15 is 0 Å². The van der Waals surface area contributed by atoms with Gasteiger partial charge < -0.3 is 5.73 Å². The zero-order valence-corrected chi connectivity index (χ0v) is 10.1. The predicted octanol–water partition coefficient (Wildman–Crippen LogP) is 0.732. The fourth-order valence-electron chi connectivity index (χ4n) is 2.33. The van der Waals surface area contributed by atoms with Gasteiger partial charge in [-0.1, -0.05) is 6.07 Å². The van der Waals surface area contributed by atoms with E-state index in [2.05, 4.69) is 15.5 Å². The molecule has 19 heavy (non-hydrogen) atoms. The van der Waals surface area contributed by atoms with Gasteiger partial charge in [-0.2, -0.15) is 10.2 Å². The van der Waals surface area contributed by atoms with Gasteiger partial charge in [0.25, 0.3) is 0 Å². The number of nitrogens with zero attached hydrogens (tertiary/aromatic N) is 2. The number of nitrogens with two attached hydrogens (primary N) is 1. The van der Waals surface area contributed by atoms with Gasteiger partial charge in [0, 0.05) is 22.9 Å². The normalized spacial score (nSPS) is 19.5. The van der Waals surface area contributed by atoms with Gasteiger partial charge in [0.1, 0.15) is 0 Å². The first-order valence-electron chi connectivity index (χ1n) is 5.99. The van der Waals surface area contributed by atoms with E-state index in [9.17, 15) is 9.59 Å². The summed E-state index contributed by atoms with van der Waals surface area (Å²) in [5.74, 6) is -1.01. The molecular formula is C13H12N4O2. The number of hydrogen-bond donors (Lipinski definition) is 2. The molecule has 2 amide bonds. The number of amides is 2. The number of fused-ring (bicyclic) bond motifs is 1. The van der Waals surface area contributed by atoms with Crippen molar-refractivity contribution in [2.45, 2.75) is 18.8 Å². The van der Waals surface area contributed by atoms with Gasteiger partial charge >= 0.3 is 0 Å². The van der Waals surface area contributed by atoms with Crippen LogP contribution in [0.4, 0.5) is 5.69 Å². The molecule has 6 nitrogen and oxygen atoms in total. The number of aromatic nitrogens is 2. The molecule has 1 fully saturated rings. The SMILES string of the molecule is Nc1ccc2cnnc(C3CCC(=O)NC3=O)c2c1. The lowest BCUT2D eigenvalue weighted by Gasteiger charge is -2.20. The fourth-order valence-corrected chi connectivity index (χ4v) is 2.33. The smallest absolute Gasteiger partial charge is 0.235 e. The van der Waals surface area contributed by atoms with Crippen molar-refractivity contribution in [3.8, 4) is 0 Å². The number of anilines is 1. The third kappa shape index (κ3) is 2.01. The van der Waals surface area contributed by atoms with E-state index in [-0.39, 0.29) is 11.8 Å². The molecule has 1 aliphatic rings. The lowest BCUT2D eigenvalue weighted by Crippen LogP contribution is -2.39. The molecule has 2 aromatic rings. The molecule has 1 aromatic carbocycles. The highest BCUT2D eigenvalue weighted by molar-refractivity contribution is 6.02. The van der Waals surface area contributed by atoms with Crippen LogP contribution in [-0.2, 0) is 9.59 Å². The Morgan fingerprint density at radius 1 is 1.32 bits per heavy atom. The van der Waals surface area contributed by atoms with E-state index in [1.54, 1.807) is 18.3 Å². The van der Waals surface area contributed by atoms with Crippen molar-refractivity contribution in [2.75, 3.05) is 5.73 Å². The van der Waals surface area contributed by atoms with Gasteiger partial charge in [0.05, 0.1) is 17.8 Å². The number of carbonyl (C=O) groups is 2. The van der Waals surface area contributed by atoms with E-state index in [0.29, 0.717) is 24.2 Å². The minimum absolute atomic E-state index is 0.242. The largest absolute Gasteiger partial charge is 0.399 e. The summed E-state index contributed by atoms with van der Waals surface area (Å²) in [5, 5.41) is 12.0. The maximum atomic E-state index is 11.9. The average molecular weight is 256 g/mol. The van der Waals surface area contributed by atoms with Crippen molar-refractivity contribution in [1.29, 1.82) is 0 Å². The van der Waals surface area contributed by atoms with Crippen LogP contribution in [0.3, 0.4) is 0 Å². The van der Waals surface area contributed by atoms with E-state index in [4.69, 9.17) is 5.73 Å². The van der Waals surface area contributed by atoms with Crippen molar-refractivity contribution in [3.63, 3.8) is 0 Å². The van der Waals surface area contributed by atoms with Crippen LogP contribution >= 0.6 is 0 Å². The maximum Gasteiger partial charge on any atom is 0.235 e. The summed E-state index contributed by atoms with van der Waals surface area (Å²) in [7, 11) is 0. The van der Waals surface area contributed by atoms with Crippen LogP contribution < -0.4 is 11.1 Å². The second-order valence-corrected chi connectivity index (χ2v) is 4.58. The first-order valence-corrected chi connectivity index (χ1v) is 5.99. The number of imide groups is 1. The van der Waals surface area contributed by atoms with Crippen LogP contribution in [0.5, 0.6) is 0 Å². The molecule has 1 aromatic heterocycles. The fraction of sp³-hybridized carbons (Fsp3) is 0.231. The molecule has 0 saturated carbocycles. The number of rotatable bonds is 1. The summed E-state index contributed by atoms with van der Waals surface area (Å²) >= 11 is 0. The zero-order valence-electron chi connectivity index (χ0n) is 10.1. The Bertz CT molecular complexity index is 683. The molecule has 1 atom stereocenters. The Morgan fingerprint density at radius 3 is 2.95 bits per heavy atom. The lowest BCUT2D eigenvalue weighted by atomic mass is 9.91. The molecule has 0 spiro atoms. The van der Waals surface area contributed by atoms with Crippen LogP contribution in [0.15, 0.2) is 24.4 Å². The van der Waals surface area contributed by atoms with Gasteiger partial charge in [0.15, 0.2) is 0 Å². The van der Waals surface area contributed by atoms with E-state index in [1.807, 2.05) is 6.07 Å². The van der Waals surface area contributed by atoms with Crippen LogP contribution in [0.25, 0.3) is 10.8 Å². The highest BCUT2D eigenvalue weighted by atomic mass is 16.2. The number of benzene rings is 1. The number of nitrogen functional groups attached to an aromatic ring is 1. The summed E-state index contributed by atoms with van der Waals surface area (Å²) in [6.45, 7) is 0. The number of hydrogen-bond acceptors (Lipinski definition) is 5. The van der Waals surface area contributed by atoms with E-state index < -0.39 is 5.92 Å². The summed E-state index contributed by atoms with van der Waals surface area (Å²) < 4.78 is 0. The molecule has 1 aliphatic heterocycles. The summed E-state index contributed by atoms with van der Waals surface area (Å²) in [6.07, 6.45) is 2.40. The standard InChI is InChI=1S/C13H12N4O2/c14-8-2-1-7-6-15-17-12(10(7)5-8)9-3-4-11(18)16-13(9)19/h1-2,5-6,9H,3-4,14H2,(H,16,18,19). The molecule has 3 rings (SSSR count). The molecule has 6 heteroatoms. The monoisotopic (exact) mass is 256 g/mol. The Kier molecular flexibility index (Phi) is 2.63. The van der Waals surface area contributed by atoms with Gasteiger partial charge in [-0.25, -0.2) is 0 Å². The third-order valence-corrected chi connectivity index (χ3v) is 3.28. The van der Waals surface area contributed by atoms with Crippen LogP contribution in [0.1, 0.15) is 24.5 Å². The molecular weight excluding hydrogens is 244 g/mol. The Labute approximate surface area is 109 Å². The van der Waals surface area contributed by atoms with Crippen molar-refractivity contribution in [1.82, 2.24) is 15.5 Å². The number of piperidine rings is 1. The first-order chi connectivity index (χ1) is 9.15. The highest BCUT2D eigenvalue weighted by Gasteiger charge is 2.30. The molecule has 0 aliphatic carbocycles. The van der Waals surface area contributed by atoms with Crippen molar-refractivity contribution >= 4 is 28.3 Å². The van der Waals surface area contributed by atoms with Crippen molar-refractivity contribution < 1.29 is 9.59 Å². The van der Waals surface area contributed by atoms with Gasteiger partial charge in [0.2, 0.25) is 11.8 Å². The predicted molar refractivity (Wildman–Crippen MR) is 69.1 cm³/mol. The van der Waals surface area contributed by atoms with Crippen LogP contribution in [0.2, 0.25) is 0 Å². The molecule has 96 valence electrons. The molecule has 0 bridgehead atoms. The van der Waals surface area contributed by atoms with Gasteiger partial charge in [-0.05, 0) is 18.6 Å². The topological polar surface area (TPSA) is 98.0 Å². The van der Waals surface area contributed by atoms with Gasteiger partial charge in [-0.15, -0.1) is 0 Å². The Balaban J connectivity index is 2.12. The quantitative estimate of drug-likeness (QED) is 0.579. The van der Waals surface area contributed by atoms with Crippen LogP contribution in [0, 0.1) is 0 Å². The van der Waals surface area contributed by atoms with Gasteiger partial charge in [-0.3, -0.25) is 14.9 Å². The average Bonchev–Trinajstić information content (AvgIpc) is 2.38. The highest BCUT2D eigenvalue weighted by Crippen LogP contribution is 2.29. The molecule has 0 radical (unpaired) electrons. The minimum Gasteiger partial charge on any atom is -0.399 e. The second kappa shape index (κ2) is 4.31. The molecule has 1 unspecified atom stereocenters. The molecule has 2 heterocycles. The van der Waals surface area contributed by atoms with E-state index in [1.165, 1.54) is 0 Å². The maximum absolute atomic E-state index is 11.9. The van der Waals surface area contributed by atoms with Crippen molar-refractivity contribution in [2.24, 2.45) is 0 Å². The molecule has 1 saturated heterocycles. The summed E-state index contributed by atoms with van der Waals surface area (Å²) in [6, 6.07) is 5.40. The summed E-state index contributed by atoms with van der Waals surface area (Å²) in [5.41, 5.74) is 6.96. The number of carbonyl (C=O) groups excluding carboxylic acids is 2. The summed E-state index contributed by atoms with van der Waals surface area (Å²) in [4.78, 5) is 23.1. The number of nitrogens with one attached hydrogen (secondary N) is 1. The van der Waals surface area contributed by atoms with E-state index in [0.717, 1.165) is 10.8 Å². The molecule has 3 N–H and O–H groups in total. The van der Waals surface area contributed by atoms with Crippen molar-refractivity contribution in [3.05, 3.63) is 30.1 Å². The first kappa shape index (κ1) is 11.6. The Hall–Kier alpha value is -2.50. The minimum atomic E-state index is -0.448. The Morgan fingerprint density at radius 2 is 2.16 bits per heavy atom. The second-order valence-electron chi connectivity index (χ2n) is 4.58. The lowest BCUT2D eigenvalue weighted by molar-refractivity contribution is -0.134. The van der Waals surface area contributed by atoms with Crippen LogP contribution in [-0.4, -0.2) is 22.0 Å².